The van der Waals surface area contributed by atoms with E-state index in [1.165, 1.54) is 80.9 Å². The highest BCUT2D eigenvalue weighted by atomic mass is 32.2. The van der Waals surface area contributed by atoms with Gasteiger partial charge < -0.3 is 107 Å². The molecule has 10 unspecified atom stereocenters. The van der Waals surface area contributed by atoms with E-state index in [2.05, 4.69) is 35.4 Å². The predicted molar refractivity (Wildman–Crippen MR) is 513 cm³/mol. The molecule has 9 spiro atoms. The molecule has 15 aliphatic carbocycles. The van der Waals surface area contributed by atoms with Crippen LogP contribution in [0.4, 0.5) is 5.69 Å². The van der Waals surface area contributed by atoms with Crippen LogP contribution in [-0.4, -0.2) is 317 Å². The molecular weight excluding hydrogens is 1860 g/mol. The van der Waals surface area contributed by atoms with Gasteiger partial charge in [0.25, 0.3) is 5.91 Å². The number of fused-ring (bicyclic) bond motifs is 4. The summed E-state index contributed by atoms with van der Waals surface area (Å²) in [7, 11) is -3.73. The number of amides is 1. The van der Waals surface area contributed by atoms with Gasteiger partial charge in [0.2, 0.25) is 28.8 Å². The first kappa shape index (κ1) is 91.4. The summed E-state index contributed by atoms with van der Waals surface area (Å²) in [5.41, 5.74) is 9.71. The van der Waals surface area contributed by atoms with Gasteiger partial charge in [-0.15, -0.1) is 0 Å². The van der Waals surface area contributed by atoms with Gasteiger partial charge in [-0.2, -0.15) is 8.42 Å². The van der Waals surface area contributed by atoms with Crippen molar-refractivity contribution in [3.8, 4) is 46.0 Å². The second kappa shape index (κ2) is 30.9. The van der Waals surface area contributed by atoms with Crippen molar-refractivity contribution in [3.63, 3.8) is 0 Å². The molecule has 20 atom stereocenters. The van der Waals surface area contributed by atoms with Crippen molar-refractivity contribution >= 4 is 27.5 Å². The summed E-state index contributed by atoms with van der Waals surface area (Å²) in [6, 6.07) is 19.2. The van der Waals surface area contributed by atoms with Crippen LogP contribution in [0, 0.1) is 36.2 Å². The number of phenolic OH excluding ortho intramolecular Hbond substituents is 2. The van der Waals surface area contributed by atoms with Crippen molar-refractivity contribution in [3.05, 3.63) is 133 Å². The number of aliphatic hydroxyl groups is 5. The zero-order valence-corrected chi connectivity index (χ0v) is 82.8. The van der Waals surface area contributed by atoms with Gasteiger partial charge >= 0.3 is 10.1 Å². The average molecular weight is 2000 g/mol. The molecule has 14 aliphatic heterocycles. The smallest absolute Gasteiger partial charge is 0.306 e. The van der Waals surface area contributed by atoms with Gasteiger partial charge in [-0.25, -0.2) is 4.85 Å². The molecule has 0 radical (unpaired) electrons. The number of ketones is 1. The molecule has 1 amide bonds. The Labute approximate surface area is 837 Å². The number of nitrogens with zero attached hydrogens (tertiary/aromatic N) is 6. The Morgan fingerprint density at radius 2 is 0.674 bits per heavy atom. The topological polar surface area (TPSA) is 386 Å². The van der Waals surface area contributed by atoms with Crippen molar-refractivity contribution in [2.75, 3.05) is 125 Å². The largest absolute Gasteiger partial charge is 0.504 e. The van der Waals surface area contributed by atoms with Crippen LogP contribution in [0.25, 0.3) is 4.85 Å². The van der Waals surface area contributed by atoms with Crippen molar-refractivity contribution < 1.29 is 120 Å². The Morgan fingerprint density at radius 1 is 0.382 bits per heavy atom. The van der Waals surface area contributed by atoms with E-state index in [-0.39, 0.29) is 53.2 Å². The first-order chi connectivity index (χ1) is 69.5. The van der Waals surface area contributed by atoms with Crippen molar-refractivity contribution in [1.82, 2.24) is 24.5 Å². The quantitative estimate of drug-likeness (QED) is 0.0406. The van der Waals surface area contributed by atoms with E-state index >= 15 is 0 Å². The van der Waals surface area contributed by atoms with Crippen LogP contribution in [0.2, 0.25) is 0 Å². The summed E-state index contributed by atoms with van der Waals surface area (Å²) in [6.07, 6.45) is 25.1. The highest BCUT2D eigenvalue weighted by molar-refractivity contribution is 7.86. The lowest BCUT2D eigenvalue weighted by Gasteiger charge is -2.65. The predicted octanol–water partition coefficient (Wildman–Crippen LogP) is 8.19. The Morgan fingerprint density at radius 3 is 1.03 bits per heavy atom. The molecule has 33 heteroatoms. The minimum atomic E-state index is -3.73. The van der Waals surface area contributed by atoms with Crippen molar-refractivity contribution in [2.24, 2.45) is 35.3 Å². The zero-order valence-electron chi connectivity index (χ0n) is 82.0. The molecular formula is C111H133N7O25S. The SMILES string of the molecule is CS(=O)(=O)Oc1ccc2c3c1OC1C4(CCC5(O)[C@@H](C2)N(CC2CC2)CC[C@]315)OCCO4.NC(=O)c1ccc2c3c1OC1C4(CCC5(O)[C@@H](C2)N(CC2CC2)CC[C@]315)OCCO4.O=C1CCC2(O)[C@H]3Cc4ccc(O)c5c4[C@@]2(CCN3CC2CC2)C1O5.Oc1ccc2c3c1OC1C4(CCC5(O)[C@@H](C2)N(CC2CC2)CC[C@]315)OCCO4.[C-]#[N+]c1ccc2c3c1OC1C4(CCC5(O)[C@@H](C2)N(CC2CC2)CC[C@]315)OCCO4. The number of primary amides is 1. The summed E-state index contributed by atoms with van der Waals surface area (Å²) in [6.45, 7) is 21.9. The van der Waals surface area contributed by atoms with Crippen LogP contribution in [-0.2, 0) is 112 Å². The second-order valence-electron chi connectivity index (χ2n) is 49.0. The van der Waals surface area contributed by atoms with Crippen LogP contribution in [0.1, 0.15) is 227 Å². The van der Waals surface area contributed by atoms with Gasteiger partial charge in [-0.05, 0) is 280 Å². The number of aromatic hydroxyl groups is 2. The van der Waals surface area contributed by atoms with Gasteiger partial charge in [-0.3, -0.25) is 34.1 Å². The minimum Gasteiger partial charge on any atom is -0.504 e. The summed E-state index contributed by atoms with van der Waals surface area (Å²) in [5, 5.41) is 82.6. The molecule has 144 heavy (non-hydrogen) atoms. The maximum absolute atomic E-state index is 12.7. The number of rotatable bonds is 13. The number of phenols is 2. The number of Topliss-reactive ketones (excluding diaryl/α,β-unsaturated/α-hetero) is 1. The molecule has 5 aromatic carbocycles. The molecule has 0 aromatic heterocycles. The normalized spacial score (nSPS) is 40.8. The Bertz CT molecular complexity index is 6420. The van der Waals surface area contributed by atoms with E-state index in [4.69, 9.17) is 78.1 Å². The molecule has 29 aliphatic rings. The molecule has 32 nitrogen and oxygen atoms in total. The maximum Gasteiger partial charge on any atom is 0.306 e. The van der Waals surface area contributed by atoms with Gasteiger partial charge in [-0.1, -0.05) is 36.4 Å². The summed E-state index contributed by atoms with van der Waals surface area (Å²) in [5.74, 6) is 3.15. The molecule has 9 saturated heterocycles. The van der Waals surface area contributed by atoms with E-state index in [1.807, 2.05) is 30.3 Å². The zero-order chi connectivity index (χ0) is 97.4. The third-order valence-electron chi connectivity index (χ3n) is 42.4. The molecule has 14 heterocycles. The first-order valence-electron chi connectivity index (χ1n) is 54.5. The molecule has 10 saturated carbocycles. The Hall–Kier alpha value is -7.64. The number of piperidine rings is 5. The lowest BCUT2D eigenvalue weighted by atomic mass is 9.48. The average Bonchev–Trinajstić information content (AvgIpc) is 1.55. The van der Waals surface area contributed by atoms with Crippen molar-refractivity contribution in [1.29, 1.82) is 0 Å². The lowest BCUT2D eigenvalue weighted by molar-refractivity contribution is -0.297. The highest BCUT2D eigenvalue weighted by Crippen LogP contribution is 2.76. The fourth-order valence-electron chi connectivity index (χ4n) is 35.6. The number of hydrogen-bond donors (Lipinski definition) is 8. The van der Waals surface area contributed by atoms with Crippen LogP contribution in [0.5, 0.6) is 46.0 Å². The Balaban J connectivity index is 0.0000000840. The fourth-order valence-corrected chi connectivity index (χ4v) is 36.1. The van der Waals surface area contributed by atoms with E-state index in [0.29, 0.717) is 163 Å². The second-order valence-corrected chi connectivity index (χ2v) is 50.6. The van der Waals surface area contributed by atoms with Gasteiger partial charge in [0.15, 0.2) is 70.8 Å². The Kier molecular flexibility index (Phi) is 19.6. The number of nitrogens with two attached hydrogens (primary N) is 1. The van der Waals surface area contributed by atoms with E-state index in [9.17, 15) is 53.8 Å². The standard InChI is InChI=1S/C23H28N2O5.C23H26N2O4.C23H29NO7S.C22H27NO5.C20H23NO4/c24-19(26)15-4-3-14-11-16-22(27)5-6-23(28-9-10-29-23)20-21(22,17(14)18(15)30-20)7-8-25(16)12-13-1-2-13;1-24-16-5-4-15-12-17-22(26)6-7-23(27-10-11-28-23)20-21(22,18(15)19(16)29-20)8-9-25(17)13-14-2-3-14;1-32(26,27)31-16-5-4-15-12-17-22(25)6-7-23(28-10-11-29-23)20-21(22,18(15)19(16)30-20)8-9-24(17)13-14-2-3-14;24-15-4-3-14-11-16-21(25)5-6-22(26-9-10-27-22)19-20(21,17(14)18(15)28-19)7-8-23(16)12-13-1-2-13;22-13-4-3-12-9-15-20(24)6-5-14(23)18-19(20,16(12)17(13)25-18)7-8-21(15)10-11-1-2-11/h3-4,13,16,20,27H,1-2,5-12H2,(H2,24,26);4-5,14,17,20,26H,2-3,6-13H2;4-5,14,17,20,25H,2-3,6-13H2,1H3;3-4,13,16,19,24-25H,1-2,5-12H2;3-4,11,15,18,22,24H,1-2,5-10H2/t16-,20?,21+,22?;2*17-,20?,21+,22?;16-,19?,20+,21?;15-,18?,19+,20?/m11111/s1. The first-order valence-corrected chi connectivity index (χ1v) is 56.4. The third kappa shape index (κ3) is 12.0. The summed E-state index contributed by atoms with van der Waals surface area (Å²) < 4.78 is 111. The lowest BCUT2D eigenvalue weighted by Crippen LogP contribution is -2.79. The maximum atomic E-state index is 12.7. The number of ether oxygens (including phenoxy) is 13. The molecule has 34 rings (SSSR count). The number of carbonyl (C=O) groups excluding carboxylic acids is 2. The van der Waals surface area contributed by atoms with Crippen LogP contribution < -0.4 is 33.6 Å². The van der Waals surface area contributed by atoms with Crippen LogP contribution in [0.15, 0.2) is 60.7 Å². The van der Waals surface area contributed by atoms with E-state index in [0.717, 1.165) is 198 Å². The van der Waals surface area contributed by atoms with Crippen LogP contribution >= 0.6 is 0 Å². The number of carbonyl (C=O) groups is 2. The summed E-state index contributed by atoms with van der Waals surface area (Å²) in [4.78, 5) is 41.3. The molecule has 19 fully saturated rings. The monoisotopic (exact) mass is 2000 g/mol. The van der Waals surface area contributed by atoms with Gasteiger partial charge in [0, 0.05) is 117 Å². The van der Waals surface area contributed by atoms with Gasteiger partial charge in [0.05, 0.1) is 126 Å². The number of benzene rings is 5. The highest BCUT2D eigenvalue weighted by Gasteiger charge is 2.84. The number of likely N-dealkylation sites (tertiary alicyclic amines) is 5. The summed E-state index contributed by atoms with van der Waals surface area (Å²) >= 11 is 0. The van der Waals surface area contributed by atoms with Crippen molar-refractivity contribution in [2.45, 2.75) is 332 Å². The van der Waals surface area contributed by atoms with E-state index in [1.54, 1.807) is 24.3 Å². The molecule has 10 bridgehead atoms. The van der Waals surface area contributed by atoms with Crippen LogP contribution in [0.3, 0.4) is 0 Å². The fraction of sp³-hybridized carbons (Fsp3) is 0.703. The molecule has 9 N–H and O–H groups in total. The third-order valence-corrected chi connectivity index (χ3v) is 42.8. The minimum absolute atomic E-state index is 0.00169. The van der Waals surface area contributed by atoms with E-state index < -0.39 is 125 Å². The molecule has 768 valence electrons. The molecule has 5 aromatic rings. The number of hydrogen-bond acceptors (Lipinski definition) is 30. The van der Waals surface area contributed by atoms with Gasteiger partial charge in [0.1, 0.15) is 11.5 Å².